The van der Waals surface area contributed by atoms with Crippen LogP contribution >= 0.6 is 0 Å². The van der Waals surface area contributed by atoms with Crippen LogP contribution in [0.25, 0.3) is 0 Å². The molecule has 2 nitrogen and oxygen atoms in total. The maximum Gasteiger partial charge on any atom is 4.00 e. The van der Waals surface area contributed by atoms with E-state index in [2.05, 4.69) is 38.2 Å². The van der Waals surface area contributed by atoms with Crippen LogP contribution in [0.3, 0.4) is 0 Å². The third-order valence-electron chi connectivity index (χ3n) is 3.96. The van der Waals surface area contributed by atoms with Crippen molar-refractivity contribution in [1.29, 1.82) is 0 Å². The molecule has 0 spiro atoms. The van der Waals surface area contributed by atoms with Crippen LogP contribution in [-0.4, -0.2) is 23.4 Å². The molecule has 0 radical (unpaired) electrons. The fourth-order valence-electron chi connectivity index (χ4n) is 3.07. The third kappa shape index (κ3) is 5.18. The van der Waals surface area contributed by atoms with Crippen molar-refractivity contribution in [2.24, 2.45) is 5.41 Å². The Morgan fingerprint density at radius 2 is 1.27 bits per heavy atom. The maximum absolute atomic E-state index is 9.16. The molecule has 0 amide bonds. The van der Waals surface area contributed by atoms with Crippen LogP contribution < -0.4 is 24.8 Å². The average molecular weight is 420 g/mol. The van der Waals surface area contributed by atoms with Crippen molar-refractivity contribution in [3.05, 3.63) is 46.6 Å². The van der Waals surface area contributed by atoms with Gasteiger partial charge in [-0.25, -0.2) is 22.3 Å². The minimum atomic E-state index is -0.0952. The van der Waals surface area contributed by atoms with Gasteiger partial charge in [-0.3, -0.25) is 12.2 Å². The van der Waals surface area contributed by atoms with Crippen LogP contribution in [0.2, 0.25) is 0 Å². The number of rotatable bonds is 6. The molecule has 2 aliphatic carbocycles. The molecular weight excluding hydrogens is 398 g/mol. The zero-order chi connectivity index (χ0) is 13.9. The second-order valence-electron chi connectivity index (χ2n) is 5.53. The molecule has 0 saturated heterocycles. The van der Waals surface area contributed by atoms with Gasteiger partial charge in [0.1, 0.15) is 0 Å². The van der Waals surface area contributed by atoms with E-state index in [1.54, 1.807) is 0 Å². The SMILES string of the molecule is CC(C)(C1=CC[C-]=C1CCO)C1=CC[C-]=C1CCO.[Cl-].[Cl-].[Zr+4]. The van der Waals surface area contributed by atoms with Gasteiger partial charge in [0, 0.05) is 13.2 Å². The Morgan fingerprint density at radius 3 is 1.59 bits per heavy atom. The smallest absolute Gasteiger partial charge is 1.00 e. The Hall–Kier alpha value is 0.343. The number of hydrogen-bond donors (Lipinski definition) is 2. The van der Waals surface area contributed by atoms with Gasteiger partial charge in [-0.05, 0) is 12.8 Å². The van der Waals surface area contributed by atoms with E-state index >= 15 is 0 Å². The van der Waals surface area contributed by atoms with Crippen LogP contribution in [0.4, 0.5) is 0 Å². The van der Waals surface area contributed by atoms with Crippen LogP contribution in [0.5, 0.6) is 0 Å². The number of allylic oxidation sites excluding steroid dienone is 6. The van der Waals surface area contributed by atoms with E-state index in [1.807, 2.05) is 0 Å². The number of halogens is 2. The quantitative estimate of drug-likeness (QED) is 0.447. The first-order valence-electron chi connectivity index (χ1n) is 6.94. The Balaban J connectivity index is 0. The van der Waals surface area contributed by atoms with Crippen LogP contribution in [0.1, 0.15) is 39.5 Å². The van der Waals surface area contributed by atoms with Crippen molar-refractivity contribution in [2.45, 2.75) is 39.5 Å². The summed E-state index contributed by atoms with van der Waals surface area (Å²) >= 11 is 0. The minimum absolute atomic E-state index is 0. The van der Waals surface area contributed by atoms with E-state index in [0.29, 0.717) is 12.8 Å². The van der Waals surface area contributed by atoms with E-state index in [9.17, 15) is 0 Å². The molecule has 0 atom stereocenters. The summed E-state index contributed by atoms with van der Waals surface area (Å²) < 4.78 is 0. The fourth-order valence-corrected chi connectivity index (χ4v) is 3.07. The van der Waals surface area contributed by atoms with Crippen molar-refractivity contribution in [3.63, 3.8) is 0 Å². The van der Waals surface area contributed by atoms with E-state index in [4.69, 9.17) is 10.2 Å². The monoisotopic (exact) mass is 418 g/mol. The zero-order valence-corrected chi connectivity index (χ0v) is 17.0. The molecule has 2 N–H and O–H groups in total. The van der Waals surface area contributed by atoms with E-state index in [0.717, 1.165) is 24.0 Å². The summed E-state index contributed by atoms with van der Waals surface area (Å²) in [5.41, 5.74) is 4.73. The van der Waals surface area contributed by atoms with Gasteiger partial charge in [-0.15, -0.1) is 18.3 Å². The summed E-state index contributed by atoms with van der Waals surface area (Å²) in [5.74, 6) is 0. The Morgan fingerprint density at radius 1 is 0.909 bits per heavy atom. The summed E-state index contributed by atoms with van der Waals surface area (Å²) in [5, 5.41) is 18.3. The standard InChI is InChI=1S/C17H22O2.2ClH.Zr/c1-17(2,15-7-3-5-13(15)9-11-18)16-8-4-6-14(16)10-12-19;;;/h7-8,18-19H,3-4,9-12H2,1-2H3;2*1H;/q-2;;;+4/p-2. The first kappa shape index (κ1) is 24.6. The number of aliphatic hydroxyl groups is 2. The summed E-state index contributed by atoms with van der Waals surface area (Å²) in [7, 11) is 0. The molecule has 120 valence electrons. The van der Waals surface area contributed by atoms with Gasteiger partial charge in [0.05, 0.1) is 0 Å². The first-order valence-corrected chi connectivity index (χ1v) is 6.94. The van der Waals surface area contributed by atoms with Gasteiger partial charge in [-0.1, -0.05) is 13.8 Å². The largest absolute Gasteiger partial charge is 4.00 e. The molecule has 5 heteroatoms. The molecule has 0 fully saturated rings. The van der Waals surface area contributed by atoms with Gasteiger partial charge in [0.15, 0.2) is 0 Å². The Bertz CT molecular complexity index is 435. The van der Waals surface area contributed by atoms with Crippen molar-refractivity contribution in [2.75, 3.05) is 13.2 Å². The summed E-state index contributed by atoms with van der Waals surface area (Å²) in [6.45, 7) is 4.75. The van der Waals surface area contributed by atoms with Crippen molar-refractivity contribution in [1.82, 2.24) is 0 Å². The molecule has 0 unspecified atom stereocenters. The zero-order valence-electron chi connectivity index (χ0n) is 13.0. The fraction of sp³-hybridized carbons (Fsp3) is 0.529. The Kier molecular flexibility index (Phi) is 12.3. The molecule has 0 aromatic rings. The van der Waals surface area contributed by atoms with Crippen molar-refractivity contribution in [3.8, 4) is 0 Å². The van der Waals surface area contributed by atoms with Gasteiger partial charge < -0.3 is 35.0 Å². The van der Waals surface area contributed by atoms with E-state index < -0.39 is 0 Å². The van der Waals surface area contributed by atoms with Crippen molar-refractivity contribution < 1.29 is 61.2 Å². The molecule has 0 aromatic heterocycles. The molecule has 22 heavy (non-hydrogen) atoms. The van der Waals surface area contributed by atoms with Crippen LogP contribution in [-0.2, 0) is 26.2 Å². The van der Waals surface area contributed by atoms with Gasteiger partial charge in [-0.2, -0.15) is 12.2 Å². The van der Waals surface area contributed by atoms with Crippen LogP contribution in [0, 0.1) is 17.6 Å². The molecule has 0 bridgehead atoms. The first-order chi connectivity index (χ1) is 9.11. The molecule has 0 saturated carbocycles. The molecule has 0 heterocycles. The van der Waals surface area contributed by atoms with E-state index in [1.165, 1.54) is 11.1 Å². The predicted octanol–water partition coefficient (Wildman–Crippen LogP) is -3.10. The number of hydrogen-bond acceptors (Lipinski definition) is 2. The molecule has 0 aromatic carbocycles. The molecular formula is C17H22Cl2O2Zr. The molecule has 0 aliphatic heterocycles. The Labute approximate surface area is 165 Å². The van der Waals surface area contributed by atoms with Crippen molar-refractivity contribution >= 4 is 0 Å². The summed E-state index contributed by atoms with van der Waals surface area (Å²) in [6, 6.07) is 0. The summed E-state index contributed by atoms with van der Waals surface area (Å²) in [6.07, 6.45) is 14.1. The van der Waals surface area contributed by atoms with Gasteiger partial charge in [0.2, 0.25) is 0 Å². The summed E-state index contributed by atoms with van der Waals surface area (Å²) in [4.78, 5) is 0. The topological polar surface area (TPSA) is 40.5 Å². The third-order valence-corrected chi connectivity index (χ3v) is 3.96. The van der Waals surface area contributed by atoms with E-state index in [-0.39, 0.29) is 69.6 Å². The second-order valence-corrected chi connectivity index (χ2v) is 5.53. The minimum Gasteiger partial charge on any atom is -1.00 e. The molecule has 2 rings (SSSR count). The normalized spacial score (nSPS) is 16.5. The van der Waals surface area contributed by atoms with Gasteiger partial charge in [0.25, 0.3) is 0 Å². The average Bonchev–Trinajstić information content (AvgIpc) is 2.99. The molecule has 2 aliphatic rings. The predicted molar refractivity (Wildman–Crippen MR) is 76.1 cm³/mol. The number of aliphatic hydroxyl groups excluding tert-OH is 2. The van der Waals surface area contributed by atoms with Crippen LogP contribution in [0.15, 0.2) is 34.4 Å². The maximum atomic E-state index is 9.16. The van der Waals surface area contributed by atoms with Gasteiger partial charge >= 0.3 is 26.2 Å². The second kappa shape index (κ2) is 11.0.